The van der Waals surface area contributed by atoms with Gasteiger partial charge in [-0.05, 0) is 29.8 Å². The number of hydrogen-bond acceptors (Lipinski definition) is 6. The first-order chi connectivity index (χ1) is 13.0. The van der Waals surface area contributed by atoms with Crippen LogP contribution in [0.15, 0.2) is 59.4 Å². The number of nitro groups is 1. The molecule has 8 nitrogen and oxygen atoms in total. The molecule has 1 atom stereocenters. The highest BCUT2D eigenvalue weighted by molar-refractivity contribution is 5.79. The Morgan fingerprint density at radius 3 is 2.67 bits per heavy atom. The fourth-order valence-corrected chi connectivity index (χ4v) is 2.59. The van der Waals surface area contributed by atoms with E-state index in [0.29, 0.717) is 18.8 Å². The number of rotatable bonds is 8. The molecule has 0 aliphatic heterocycles. The lowest BCUT2D eigenvalue weighted by Gasteiger charge is -2.13. The standard InChI is InChI=1S/C19H19N3O5/c23-16(11-20-10-13-1-4-15(5-2-13)22(25)26)12-27-17-6-7-18-14(9-17)3-8-19(24)21-18/h1-9,16,20,23H,10-12H2,(H,21,24). The number of nitro benzene ring substituents is 1. The van der Waals surface area contributed by atoms with Gasteiger partial charge in [-0.25, -0.2) is 0 Å². The highest BCUT2D eigenvalue weighted by Gasteiger charge is 2.07. The highest BCUT2D eigenvalue weighted by atomic mass is 16.6. The fourth-order valence-electron chi connectivity index (χ4n) is 2.59. The Balaban J connectivity index is 1.45. The van der Waals surface area contributed by atoms with Gasteiger partial charge in [-0.1, -0.05) is 12.1 Å². The molecule has 3 N–H and O–H groups in total. The van der Waals surface area contributed by atoms with Crippen LogP contribution in [0.5, 0.6) is 5.75 Å². The number of pyridine rings is 1. The van der Waals surface area contributed by atoms with E-state index < -0.39 is 11.0 Å². The van der Waals surface area contributed by atoms with Crippen LogP contribution in [0.4, 0.5) is 5.69 Å². The van der Waals surface area contributed by atoms with Crippen molar-refractivity contribution >= 4 is 16.6 Å². The Labute approximate surface area is 154 Å². The van der Waals surface area contributed by atoms with Crippen molar-refractivity contribution in [3.8, 4) is 5.75 Å². The zero-order valence-electron chi connectivity index (χ0n) is 14.4. The van der Waals surface area contributed by atoms with Crippen LogP contribution in [0.1, 0.15) is 5.56 Å². The third-order valence-electron chi connectivity index (χ3n) is 3.99. The van der Waals surface area contributed by atoms with Gasteiger partial charge >= 0.3 is 0 Å². The zero-order valence-corrected chi connectivity index (χ0v) is 14.4. The Hall–Kier alpha value is -3.23. The summed E-state index contributed by atoms with van der Waals surface area (Å²) in [4.78, 5) is 24.2. The summed E-state index contributed by atoms with van der Waals surface area (Å²) in [5.74, 6) is 0.601. The molecular formula is C19H19N3O5. The first-order valence-corrected chi connectivity index (χ1v) is 8.39. The van der Waals surface area contributed by atoms with Gasteiger partial charge in [0.15, 0.2) is 0 Å². The van der Waals surface area contributed by atoms with E-state index in [1.165, 1.54) is 18.2 Å². The van der Waals surface area contributed by atoms with Gasteiger partial charge in [0, 0.05) is 42.2 Å². The second-order valence-corrected chi connectivity index (χ2v) is 6.09. The summed E-state index contributed by atoms with van der Waals surface area (Å²) in [6.07, 6.45) is -0.714. The first-order valence-electron chi connectivity index (χ1n) is 8.39. The van der Waals surface area contributed by atoms with Crippen molar-refractivity contribution in [2.24, 2.45) is 0 Å². The number of aromatic nitrogens is 1. The summed E-state index contributed by atoms with van der Waals surface area (Å²) in [6, 6.07) is 14.7. The van der Waals surface area contributed by atoms with Crippen LogP contribution in [0.25, 0.3) is 10.9 Å². The molecule has 0 bridgehead atoms. The van der Waals surface area contributed by atoms with Gasteiger partial charge in [-0.3, -0.25) is 14.9 Å². The van der Waals surface area contributed by atoms with Gasteiger partial charge in [0.2, 0.25) is 5.56 Å². The molecular weight excluding hydrogens is 350 g/mol. The molecule has 1 aromatic heterocycles. The van der Waals surface area contributed by atoms with Crippen LogP contribution in [0.3, 0.4) is 0 Å². The number of hydrogen-bond donors (Lipinski definition) is 3. The normalized spacial score (nSPS) is 12.0. The number of aliphatic hydroxyl groups excluding tert-OH is 1. The molecule has 0 aliphatic carbocycles. The molecule has 0 aliphatic rings. The number of aliphatic hydroxyl groups is 1. The summed E-state index contributed by atoms with van der Waals surface area (Å²) in [5, 5.41) is 24.6. The smallest absolute Gasteiger partial charge is 0.269 e. The lowest BCUT2D eigenvalue weighted by molar-refractivity contribution is -0.384. The molecule has 3 rings (SSSR count). The van der Waals surface area contributed by atoms with Crippen LogP contribution in [-0.4, -0.2) is 34.3 Å². The van der Waals surface area contributed by atoms with Gasteiger partial charge in [-0.2, -0.15) is 0 Å². The quantitative estimate of drug-likeness (QED) is 0.413. The van der Waals surface area contributed by atoms with E-state index in [9.17, 15) is 20.0 Å². The minimum absolute atomic E-state index is 0.0478. The maximum Gasteiger partial charge on any atom is 0.269 e. The number of aromatic amines is 1. The number of H-pyrrole nitrogens is 1. The molecule has 0 saturated carbocycles. The zero-order chi connectivity index (χ0) is 19.2. The third-order valence-corrected chi connectivity index (χ3v) is 3.99. The summed E-state index contributed by atoms with van der Waals surface area (Å²) < 4.78 is 5.59. The lowest BCUT2D eigenvalue weighted by atomic mass is 10.2. The SMILES string of the molecule is O=c1ccc2cc(OCC(O)CNCc3ccc([N+](=O)[O-])cc3)ccc2[nH]1. The Bertz CT molecular complexity index is 985. The van der Waals surface area contributed by atoms with E-state index in [-0.39, 0.29) is 17.9 Å². The Morgan fingerprint density at radius 2 is 1.93 bits per heavy atom. The molecule has 8 heteroatoms. The largest absolute Gasteiger partial charge is 0.491 e. The minimum Gasteiger partial charge on any atom is -0.491 e. The van der Waals surface area contributed by atoms with Crippen LogP contribution in [0.2, 0.25) is 0 Å². The summed E-state index contributed by atoms with van der Waals surface area (Å²) in [5.41, 5.74) is 1.50. The third kappa shape index (κ3) is 5.13. The second kappa shape index (κ2) is 8.43. The van der Waals surface area contributed by atoms with Crippen molar-refractivity contribution in [1.82, 2.24) is 10.3 Å². The molecule has 27 heavy (non-hydrogen) atoms. The first kappa shape index (κ1) is 18.6. The molecule has 1 unspecified atom stereocenters. The van der Waals surface area contributed by atoms with Crippen molar-refractivity contribution in [2.75, 3.05) is 13.2 Å². The average molecular weight is 369 g/mol. The second-order valence-electron chi connectivity index (χ2n) is 6.09. The number of nitrogens with zero attached hydrogens (tertiary/aromatic N) is 1. The van der Waals surface area contributed by atoms with Gasteiger partial charge in [-0.15, -0.1) is 0 Å². The van der Waals surface area contributed by atoms with E-state index in [1.54, 1.807) is 36.4 Å². The topological polar surface area (TPSA) is 117 Å². The Kier molecular flexibility index (Phi) is 5.80. The molecule has 0 fully saturated rings. The van der Waals surface area contributed by atoms with Gasteiger partial charge < -0.3 is 20.1 Å². The van der Waals surface area contributed by atoms with E-state index in [4.69, 9.17) is 4.74 Å². The van der Waals surface area contributed by atoms with Crippen molar-refractivity contribution < 1.29 is 14.8 Å². The van der Waals surface area contributed by atoms with Crippen molar-refractivity contribution in [3.05, 3.63) is 80.6 Å². The summed E-state index contributed by atoms with van der Waals surface area (Å²) in [6.45, 7) is 0.915. The molecule has 2 aromatic carbocycles. The molecule has 3 aromatic rings. The van der Waals surface area contributed by atoms with Crippen LogP contribution in [-0.2, 0) is 6.54 Å². The highest BCUT2D eigenvalue weighted by Crippen LogP contribution is 2.18. The fraction of sp³-hybridized carbons (Fsp3) is 0.211. The van der Waals surface area contributed by atoms with Gasteiger partial charge in [0.1, 0.15) is 18.5 Å². The molecule has 0 amide bonds. The van der Waals surface area contributed by atoms with E-state index in [1.807, 2.05) is 0 Å². The number of non-ortho nitro benzene ring substituents is 1. The maximum absolute atomic E-state index is 11.3. The number of benzene rings is 2. The predicted molar refractivity (Wildman–Crippen MR) is 101 cm³/mol. The summed E-state index contributed by atoms with van der Waals surface area (Å²) in [7, 11) is 0. The van der Waals surface area contributed by atoms with Crippen LogP contribution < -0.4 is 15.6 Å². The molecule has 140 valence electrons. The monoisotopic (exact) mass is 369 g/mol. The van der Waals surface area contributed by atoms with E-state index in [2.05, 4.69) is 10.3 Å². The molecule has 0 radical (unpaired) electrons. The number of ether oxygens (including phenoxy) is 1. The maximum atomic E-state index is 11.3. The van der Waals surface area contributed by atoms with Crippen LogP contribution >= 0.6 is 0 Å². The Morgan fingerprint density at radius 1 is 1.15 bits per heavy atom. The van der Waals surface area contributed by atoms with Gasteiger partial charge in [0.05, 0.1) is 4.92 Å². The minimum atomic E-state index is -0.714. The molecule has 0 saturated heterocycles. The van der Waals surface area contributed by atoms with Crippen molar-refractivity contribution in [3.63, 3.8) is 0 Å². The number of fused-ring (bicyclic) bond motifs is 1. The van der Waals surface area contributed by atoms with E-state index >= 15 is 0 Å². The van der Waals surface area contributed by atoms with Crippen LogP contribution in [0, 0.1) is 10.1 Å². The lowest BCUT2D eigenvalue weighted by Crippen LogP contribution is -2.31. The van der Waals surface area contributed by atoms with E-state index in [0.717, 1.165) is 16.5 Å². The van der Waals surface area contributed by atoms with Crippen molar-refractivity contribution in [2.45, 2.75) is 12.6 Å². The average Bonchev–Trinajstić information content (AvgIpc) is 2.66. The molecule has 1 heterocycles. The van der Waals surface area contributed by atoms with Gasteiger partial charge in [0.25, 0.3) is 5.69 Å². The predicted octanol–water partition coefficient (Wildman–Crippen LogP) is 1.97. The summed E-state index contributed by atoms with van der Waals surface area (Å²) >= 11 is 0. The van der Waals surface area contributed by atoms with Crippen molar-refractivity contribution in [1.29, 1.82) is 0 Å². The number of nitrogens with one attached hydrogen (secondary N) is 2. The molecule has 0 spiro atoms.